The van der Waals surface area contributed by atoms with Gasteiger partial charge in [0.25, 0.3) is 0 Å². The van der Waals surface area contributed by atoms with Crippen LogP contribution in [-0.2, 0) is 0 Å². The lowest BCUT2D eigenvalue weighted by Gasteiger charge is -2.51. The van der Waals surface area contributed by atoms with Crippen LogP contribution in [0, 0.1) is 0 Å². The van der Waals surface area contributed by atoms with Crippen LogP contribution in [0.1, 0.15) is 334 Å². The molecular weight excluding hydrogens is 1210 g/mol. The number of hydrogen-bond donors (Lipinski definition) is 6. The first-order chi connectivity index (χ1) is 45.1. The lowest BCUT2D eigenvalue weighted by atomic mass is 9.78. The summed E-state index contributed by atoms with van der Waals surface area (Å²) in [5.41, 5.74) is -0.816. The van der Waals surface area contributed by atoms with E-state index in [1.54, 1.807) is 0 Å². The minimum absolute atomic E-state index is 0.0479. The zero-order valence-electron chi connectivity index (χ0n) is 68.0. The largest absolute Gasteiger partial charge is 0.338 e. The van der Waals surface area contributed by atoms with Crippen LogP contribution in [-0.4, -0.2) is 172 Å². The van der Waals surface area contributed by atoms with Crippen LogP contribution in [0.15, 0.2) is 0 Å². The number of fused-ring (bicyclic) bond motifs is 4. The number of piperidine rings is 6. The summed E-state index contributed by atoms with van der Waals surface area (Å²) >= 11 is 0. The fraction of sp³-hybridized carbons (Fsp3) is 0.925. The Morgan fingerprint density at radius 1 is 0.276 bits per heavy atom. The third-order valence-electron chi connectivity index (χ3n) is 23.0. The van der Waals surface area contributed by atoms with E-state index in [1.807, 2.05) is 0 Å². The third-order valence-corrected chi connectivity index (χ3v) is 23.0. The second-order valence-electron chi connectivity index (χ2n) is 40.9. The Labute approximate surface area is 600 Å². The van der Waals surface area contributed by atoms with E-state index in [4.69, 9.17) is 29.9 Å². The average molecular weight is 1360 g/mol. The number of hydrogen-bond acceptors (Lipinski definition) is 18. The Morgan fingerprint density at radius 2 is 0.459 bits per heavy atom. The quantitative estimate of drug-likeness (QED) is 0.106. The fourth-order valence-electron chi connectivity index (χ4n) is 21.6. The summed E-state index contributed by atoms with van der Waals surface area (Å²) in [5.74, 6) is 5.22. The number of nitrogens with zero attached hydrogens (tertiary/aromatic N) is 12. The molecule has 7 aliphatic heterocycles. The molecule has 7 aliphatic rings. The molecule has 4 bridgehead atoms. The molecule has 6 fully saturated rings. The zero-order valence-corrected chi connectivity index (χ0v) is 68.0. The summed E-state index contributed by atoms with van der Waals surface area (Å²) < 4.78 is 0. The molecule has 0 aromatic carbocycles. The summed E-state index contributed by atoms with van der Waals surface area (Å²) in [6.07, 6.45) is 25.0. The first-order valence-electron chi connectivity index (χ1n) is 40.0. The van der Waals surface area contributed by atoms with Gasteiger partial charge in [0, 0.05) is 142 Å². The monoisotopic (exact) mass is 1360 g/mol. The van der Waals surface area contributed by atoms with E-state index in [2.05, 4.69) is 241 Å². The van der Waals surface area contributed by atoms with Crippen molar-refractivity contribution in [2.45, 2.75) is 437 Å². The van der Waals surface area contributed by atoms with Crippen LogP contribution in [0.5, 0.6) is 0 Å². The summed E-state index contributed by atoms with van der Waals surface area (Å²) in [4.78, 5) is 51.8. The van der Waals surface area contributed by atoms with E-state index in [1.165, 1.54) is 0 Å². The van der Waals surface area contributed by atoms with Gasteiger partial charge in [0.05, 0.1) is 0 Å². The Balaban J connectivity index is 1.20. The third kappa shape index (κ3) is 21.4. The summed E-state index contributed by atoms with van der Waals surface area (Å²) in [7, 11) is 0. The SMILES string of the molecule is CCCCN(c1nc2nc(n1)N(C1CC(C)(C)NC(C)(C)C1)CCCCCCN(C1CC(C)(C)NC(C)(C)C1)c1nc(N(CCCC)C3CC(C)(C)NC(C)(C)C3)nc(n1)N(C1CC(C)(C)NC(C)(C)C1)CCCCCCN2C1CC(C)(C)NC(C)(C)C1)C1CC(C)(C)NC(C)(C)C1. The van der Waals surface area contributed by atoms with E-state index >= 15 is 0 Å². The molecule has 18 heteroatoms. The highest BCUT2D eigenvalue weighted by Gasteiger charge is 2.49. The van der Waals surface area contributed by atoms with Crippen LogP contribution in [0.2, 0.25) is 0 Å². The van der Waals surface area contributed by atoms with Gasteiger partial charge in [-0.3, -0.25) is 0 Å². The van der Waals surface area contributed by atoms with Crippen LogP contribution in [0.25, 0.3) is 0 Å². The molecule has 18 nitrogen and oxygen atoms in total. The molecular formula is C80H150N18. The van der Waals surface area contributed by atoms with Crippen LogP contribution < -0.4 is 61.3 Å². The van der Waals surface area contributed by atoms with E-state index < -0.39 is 0 Å². The minimum Gasteiger partial charge on any atom is -0.338 e. The van der Waals surface area contributed by atoms with Crippen molar-refractivity contribution in [3.63, 3.8) is 0 Å². The maximum atomic E-state index is 5.98. The number of rotatable bonds is 14. The van der Waals surface area contributed by atoms with Crippen LogP contribution in [0.4, 0.5) is 35.7 Å². The van der Waals surface area contributed by atoms with Crippen molar-refractivity contribution in [3.8, 4) is 0 Å². The number of unbranched alkanes of at least 4 members (excludes halogenated alkanes) is 2. The van der Waals surface area contributed by atoms with Crippen molar-refractivity contribution in [2.24, 2.45) is 0 Å². The molecule has 98 heavy (non-hydrogen) atoms. The van der Waals surface area contributed by atoms with Gasteiger partial charge >= 0.3 is 0 Å². The molecule has 6 saturated heterocycles. The molecule has 0 spiro atoms. The lowest BCUT2D eigenvalue weighted by molar-refractivity contribution is 0.155. The van der Waals surface area contributed by atoms with Crippen molar-refractivity contribution in [2.75, 3.05) is 68.7 Å². The Morgan fingerprint density at radius 3 is 0.643 bits per heavy atom. The first kappa shape index (κ1) is 78.7. The zero-order chi connectivity index (χ0) is 72.1. The van der Waals surface area contributed by atoms with Crippen molar-refractivity contribution >= 4 is 35.7 Å². The van der Waals surface area contributed by atoms with E-state index in [0.717, 1.165) is 229 Å². The molecule has 2 aromatic heterocycles. The predicted molar refractivity (Wildman–Crippen MR) is 416 cm³/mol. The van der Waals surface area contributed by atoms with E-state index in [0.29, 0.717) is 0 Å². The first-order valence-corrected chi connectivity index (χ1v) is 40.0. The maximum absolute atomic E-state index is 5.98. The summed E-state index contributed by atoms with van der Waals surface area (Å²) in [5, 5.41) is 24.4. The molecule has 2 aromatic rings. The van der Waals surface area contributed by atoms with Gasteiger partial charge in [-0.25, -0.2) is 0 Å². The van der Waals surface area contributed by atoms with Gasteiger partial charge in [0.15, 0.2) is 0 Å². The molecule has 0 atom stereocenters. The molecule has 560 valence electrons. The smallest absolute Gasteiger partial charge is 0.232 e. The molecule has 0 saturated carbocycles. The van der Waals surface area contributed by atoms with Crippen molar-refractivity contribution in [1.29, 1.82) is 0 Å². The van der Waals surface area contributed by atoms with E-state index in [-0.39, 0.29) is 103 Å². The summed E-state index contributed by atoms with van der Waals surface area (Å²) in [6, 6.07) is 1.46. The van der Waals surface area contributed by atoms with Gasteiger partial charge in [-0.2, -0.15) is 29.9 Å². The molecule has 0 radical (unpaired) electrons. The molecule has 0 amide bonds. The molecule has 0 unspecified atom stereocenters. The van der Waals surface area contributed by atoms with Crippen LogP contribution in [0.3, 0.4) is 0 Å². The maximum Gasteiger partial charge on any atom is 0.232 e. The fourth-order valence-corrected chi connectivity index (χ4v) is 21.6. The highest BCUT2D eigenvalue weighted by molar-refractivity contribution is 5.51. The molecule has 9 heterocycles. The van der Waals surface area contributed by atoms with Gasteiger partial charge < -0.3 is 61.3 Å². The topological polar surface area (TPSA) is 169 Å². The standard InChI is InChI=1S/C80H150N18/c1-27-29-39-93(57-45-69(3,4)87-70(5,6)46-57)63-81-65-85-66(82-63)96(60-51-75(15,16)90-76(17,18)52-60)42-36-32-34-38-44-98(62-55-79(23,24)92-80(25,26)56-62)68-84-64(94(40-30-28-2)58-47-71(7,8)88-72(9,10)48-58)83-67(86-68)97(61-53-77(19,20)91-78(21,22)54-61)43-37-33-31-35-41-95(65)59-49-73(11,12)89-74(13,14)50-59/h57-62,87-92H,27-56H2,1-26H3. The Bertz CT molecular complexity index is 2500. The number of nitrogens with one attached hydrogen (secondary N) is 6. The van der Waals surface area contributed by atoms with Crippen molar-refractivity contribution in [1.82, 2.24) is 61.8 Å². The van der Waals surface area contributed by atoms with Gasteiger partial charge in [-0.05, 0) is 282 Å². The van der Waals surface area contributed by atoms with E-state index in [9.17, 15) is 0 Å². The van der Waals surface area contributed by atoms with Crippen LogP contribution >= 0.6 is 0 Å². The molecule has 9 rings (SSSR count). The highest BCUT2D eigenvalue weighted by Crippen LogP contribution is 2.43. The number of anilines is 6. The van der Waals surface area contributed by atoms with Gasteiger partial charge in [0.2, 0.25) is 35.7 Å². The normalized spacial score (nSPS) is 27.4. The Hall–Kier alpha value is -3.42. The van der Waals surface area contributed by atoms with Crippen molar-refractivity contribution < 1.29 is 0 Å². The average Bonchev–Trinajstić information content (AvgIpc) is 0.781. The highest BCUT2D eigenvalue weighted by atomic mass is 15.4. The lowest BCUT2D eigenvalue weighted by Crippen LogP contribution is -2.63. The minimum atomic E-state index is -0.0781. The molecule has 6 N–H and O–H groups in total. The summed E-state index contributed by atoms with van der Waals surface area (Å²) in [6.45, 7) is 67.9. The predicted octanol–water partition coefficient (Wildman–Crippen LogP) is 15.2. The second kappa shape index (κ2) is 29.6. The Kier molecular flexibility index (Phi) is 23.8. The van der Waals surface area contributed by atoms with Gasteiger partial charge in [-0.1, -0.05) is 52.4 Å². The second-order valence-corrected chi connectivity index (χ2v) is 40.9. The molecule has 0 aliphatic carbocycles. The number of aromatic nitrogens is 6. The van der Waals surface area contributed by atoms with Crippen molar-refractivity contribution in [3.05, 3.63) is 0 Å². The van der Waals surface area contributed by atoms with Gasteiger partial charge in [0.1, 0.15) is 0 Å². The van der Waals surface area contributed by atoms with Gasteiger partial charge in [-0.15, -0.1) is 0 Å².